The predicted molar refractivity (Wildman–Crippen MR) is 77.5 cm³/mol. The summed E-state index contributed by atoms with van der Waals surface area (Å²) in [6.45, 7) is 2.71. The lowest BCUT2D eigenvalue weighted by Gasteiger charge is -2.14. The van der Waals surface area contributed by atoms with Gasteiger partial charge in [0.05, 0.1) is 6.61 Å². The van der Waals surface area contributed by atoms with Crippen LogP contribution in [0.3, 0.4) is 0 Å². The zero-order valence-corrected chi connectivity index (χ0v) is 11.9. The van der Waals surface area contributed by atoms with E-state index in [0.29, 0.717) is 24.2 Å². The highest BCUT2D eigenvalue weighted by Gasteiger charge is 2.65. The van der Waals surface area contributed by atoms with Crippen molar-refractivity contribution < 1.29 is 4.74 Å². The largest absolute Gasteiger partial charge is 0.476 e. The maximum absolute atomic E-state index is 6.12. The Labute approximate surface area is 119 Å². The van der Waals surface area contributed by atoms with E-state index in [1.54, 1.807) is 0 Å². The molecule has 0 saturated heterocycles. The lowest BCUT2D eigenvalue weighted by Crippen LogP contribution is -2.15. The van der Waals surface area contributed by atoms with Crippen molar-refractivity contribution in [1.82, 2.24) is 9.97 Å². The van der Waals surface area contributed by atoms with Crippen LogP contribution in [-0.2, 0) is 0 Å². The molecule has 108 valence electrons. The number of ether oxygens (including phenoxy) is 1. The van der Waals surface area contributed by atoms with Crippen molar-refractivity contribution in [3.63, 3.8) is 0 Å². The molecule has 0 amide bonds. The van der Waals surface area contributed by atoms with E-state index in [-0.39, 0.29) is 0 Å². The molecule has 0 spiro atoms. The van der Waals surface area contributed by atoms with Gasteiger partial charge in [-0.25, -0.2) is 4.98 Å². The lowest BCUT2D eigenvalue weighted by atomic mass is 10.0. The van der Waals surface area contributed by atoms with Crippen LogP contribution in [0.4, 0.5) is 11.5 Å². The summed E-state index contributed by atoms with van der Waals surface area (Å²) in [5.74, 6) is 4.89. The number of nitrogen functional groups attached to an aromatic ring is 1. The summed E-state index contributed by atoms with van der Waals surface area (Å²) >= 11 is 0. The molecule has 5 heteroatoms. The van der Waals surface area contributed by atoms with Gasteiger partial charge in [-0.1, -0.05) is 6.92 Å². The molecule has 2 bridgehead atoms. The fourth-order valence-electron chi connectivity index (χ4n) is 4.48. The van der Waals surface area contributed by atoms with Crippen LogP contribution < -0.4 is 15.8 Å². The zero-order chi connectivity index (χ0) is 13.7. The van der Waals surface area contributed by atoms with E-state index in [2.05, 4.69) is 22.2 Å². The minimum atomic E-state index is 0.512. The number of hydrogen-bond acceptors (Lipinski definition) is 5. The van der Waals surface area contributed by atoms with Gasteiger partial charge >= 0.3 is 0 Å². The number of nitrogens with zero attached hydrogens (tertiary/aromatic N) is 2. The van der Waals surface area contributed by atoms with Gasteiger partial charge in [0.25, 0.3) is 0 Å². The minimum Gasteiger partial charge on any atom is -0.476 e. The molecule has 1 heterocycles. The molecule has 3 saturated carbocycles. The maximum Gasteiger partial charge on any atom is 0.242 e. The highest BCUT2D eigenvalue weighted by Crippen LogP contribution is 2.66. The molecule has 4 rings (SSSR count). The summed E-state index contributed by atoms with van der Waals surface area (Å²) in [5, 5.41) is 3.55. The second-order valence-electron chi connectivity index (χ2n) is 6.45. The van der Waals surface area contributed by atoms with Crippen molar-refractivity contribution >= 4 is 11.5 Å². The summed E-state index contributed by atoms with van der Waals surface area (Å²) in [7, 11) is 0. The lowest BCUT2D eigenvalue weighted by molar-refractivity contribution is 0.306. The van der Waals surface area contributed by atoms with E-state index < -0.39 is 0 Å². The Hall–Kier alpha value is -1.52. The molecular weight excluding hydrogens is 252 g/mol. The Morgan fingerprint density at radius 3 is 2.75 bits per heavy atom. The van der Waals surface area contributed by atoms with E-state index in [1.165, 1.54) is 25.6 Å². The number of aromatic nitrogens is 2. The van der Waals surface area contributed by atoms with Gasteiger partial charge in [-0.15, -0.1) is 0 Å². The van der Waals surface area contributed by atoms with Gasteiger partial charge in [0, 0.05) is 6.04 Å². The second-order valence-corrected chi connectivity index (χ2v) is 6.45. The van der Waals surface area contributed by atoms with Crippen molar-refractivity contribution in [2.45, 2.75) is 38.6 Å². The normalized spacial score (nSPS) is 36.8. The number of anilines is 2. The van der Waals surface area contributed by atoms with Crippen molar-refractivity contribution in [1.29, 1.82) is 0 Å². The number of nitrogens with one attached hydrogen (secondary N) is 1. The average Bonchev–Trinajstić information content (AvgIpc) is 2.84. The zero-order valence-electron chi connectivity index (χ0n) is 11.9. The van der Waals surface area contributed by atoms with E-state index in [4.69, 9.17) is 10.5 Å². The van der Waals surface area contributed by atoms with Crippen molar-refractivity contribution in [3.05, 3.63) is 6.33 Å². The molecule has 0 aromatic carbocycles. The van der Waals surface area contributed by atoms with Gasteiger partial charge in [-0.3, -0.25) is 0 Å². The number of rotatable bonds is 5. The fraction of sp³-hybridized carbons (Fsp3) is 0.733. The van der Waals surface area contributed by atoms with Gasteiger partial charge in [-0.05, 0) is 49.4 Å². The molecule has 3 aliphatic rings. The Morgan fingerprint density at radius 1 is 1.30 bits per heavy atom. The van der Waals surface area contributed by atoms with Crippen LogP contribution in [0.25, 0.3) is 0 Å². The van der Waals surface area contributed by atoms with Gasteiger partial charge < -0.3 is 15.8 Å². The third kappa shape index (κ3) is 1.75. The van der Waals surface area contributed by atoms with Crippen LogP contribution >= 0.6 is 0 Å². The molecule has 4 atom stereocenters. The van der Waals surface area contributed by atoms with Gasteiger partial charge in [0.15, 0.2) is 5.82 Å². The summed E-state index contributed by atoms with van der Waals surface area (Å²) in [5.41, 5.74) is 6.68. The SMILES string of the molecule is CCCOc1ncnc(NC2C3C4CCC(C4)C23)c1N. The molecule has 1 aromatic heterocycles. The van der Waals surface area contributed by atoms with Crippen molar-refractivity contribution in [3.8, 4) is 5.88 Å². The first-order valence-electron chi connectivity index (χ1n) is 7.79. The number of fused-ring (bicyclic) bond motifs is 5. The molecule has 0 aliphatic heterocycles. The first-order valence-corrected chi connectivity index (χ1v) is 7.79. The summed E-state index contributed by atoms with van der Waals surface area (Å²) in [6, 6.07) is 0.581. The van der Waals surface area contributed by atoms with Crippen LogP contribution in [0.2, 0.25) is 0 Å². The maximum atomic E-state index is 6.12. The molecule has 1 aromatic rings. The minimum absolute atomic E-state index is 0.512. The van der Waals surface area contributed by atoms with Crippen LogP contribution in [-0.4, -0.2) is 22.6 Å². The van der Waals surface area contributed by atoms with E-state index in [9.17, 15) is 0 Å². The number of nitrogens with two attached hydrogens (primary N) is 1. The first-order chi connectivity index (χ1) is 9.79. The highest BCUT2D eigenvalue weighted by molar-refractivity contribution is 5.67. The van der Waals surface area contributed by atoms with Crippen LogP contribution in [0.15, 0.2) is 6.33 Å². The molecule has 3 fully saturated rings. The van der Waals surface area contributed by atoms with E-state index >= 15 is 0 Å². The topological polar surface area (TPSA) is 73.1 Å². The summed E-state index contributed by atoms with van der Waals surface area (Å²) in [6.07, 6.45) is 6.79. The van der Waals surface area contributed by atoms with Gasteiger partial charge in [0.1, 0.15) is 12.0 Å². The van der Waals surface area contributed by atoms with Crippen LogP contribution in [0.1, 0.15) is 32.6 Å². The van der Waals surface area contributed by atoms with Crippen molar-refractivity contribution in [2.75, 3.05) is 17.7 Å². The number of hydrogen-bond donors (Lipinski definition) is 2. The third-order valence-corrected chi connectivity index (χ3v) is 5.33. The quantitative estimate of drug-likeness (QED) is 0.862. The summed E-state index contributed by atoms with van der Waals surface area (Å²) < 4.78 is 5.56. The van der Waals surface area contributed by atoms with Gasteiger partial charge in [0.2, 0.25) is 5.88 Å². The molecule has 4 unspecified atom stereocenters. The molecule has 5 nitrogen and oxygen atoms in total. The summed E-state index contributed by atoms with van der Waals surface area (Å²) in [4.78, 5) is 8.42. The van der Waals surface area contributed by atoms with Crippen molar-refractivity contribution in [2.24, 2.45) is 23.7 Å². The molecule has 3 N–H and O–H groups in total. The molecular formula is C15H22N4O. The second kappa shape index (κ2) is 4.50. The van der Waals surface area contributed by atoms with Crippen LogP contribution in [0, 0.1) is 23.7 Å². The smallest absolute Gasteiger partial charge is 0.242 e. The van der Waals surface area contributed by atoms with E-state index in [1.807, 2.05) is 0 Å². The standard InChI is InChI=1S/C15H22N4O/c1-2-5-20-15-12(16)14(17-7-18-15)19-13-10-8-3-4-9(6-8)11(10)13/h7-11,13H,2-6,16H2,1H3,(H,17,18,19). The Balaban J connectivity index is 1.47. The first kappa shape index (κ1) is 12.2. The van der Waals surface area contributed by atoms with Gasteiger partial charge in [-0.2, -0.15) is 4.98 Å². The molecule has 0 radical (unpaired) electrons. The monoisotopic (exact) mass is 274 g/mol. The molecule has 3 aliphatic carbocycles. The Bertz CT molecular complexity index is 505. The Morgan fingerprint density at radius 2 is 2.05 bits per heavy atom. The predicted octanol–water partition coefficient (Wildman–Crippen LogP) is 2.30. The third-order valence-electron chi connectivity index (χ3n) is 5.33. The van der Waals surface area contributed by atoms with Crippen LogP contribution in [0.5, 0.6) is 5.88 Å². The Kier molecular flexibility index (Phi) is 2.75. The average molecular weight is 274 g/mol. The highest BCUT2D eigenvalue weighted by atomic mass is 16.5. The van der Waals surface area contributed by atoms with E-state index in [0.717, 1.165) is 35.9 Å². The molecule has 20 heavy (non-hydrogen) atoms. The fourth-order valence-corrected chi connectivity index (χ4v) is 4.48.